The van der Waals surface area contributed by atoms with Crippen molar-refractivity contribution in [2.45, 2.75) is 52.1 Å². The van der Waals surface area contributed by atoms with Gasteiger partial charge < -0.3 is 29.2 Å². The molecule has 0 fully saturated rings. The van der Waals surface area contributed by atoms with Crippen molar-refractivity contribution in [2.75, 3.05) is 26.9 Å². The predicted octanol–water partition coefficient (Wildman–Crippen LogP) is 1.80. The molecular formula is C19H32O7. The first-order valence-electron chi connectivity index (χ1n) is 8.61. The number of rotatable bonds is 10. The Bertz CT molecular complexity index is 464. The number of methoxy groups -OCH3 is 1. The molecule has 1 aromatic rings. The molecule has 150 valence electrons. The summed E-state index contributed by atoms with van der Waals surface area (Å²) in [6, 6.07) is 9.68. The molecule has 26 heavy (non-hydrogen) atoms. The largest absolute Gasteiger partial charge is 0.488 e. The molecule has 4 atom stereocenters. The summed E-state index contributed by atoms with van der Waals surface area (Å²) in [5.41, 5.74) is 0. The van der Waals surface area contributed by atoms with Crippen LogP contribution in [0.15, 0.2) is 30.3 Å². The lowest BCUT2D eigenvalue weighted by Gasteiger charge is -2.19. The maximum absolute atomic E-state index is 10.0. The molecule has 0 saturated carbocycles. The van der Waals surface area contributed by atoms with Crippen molar-refractivity contribution in [1.29, 1.82) is 0 Å². The topological polar surface area (TPSA) is 94.5 Å². The maximum Gasteiger partial charge on any atom is 0.334 e. The Hall–Kier alpha value is -1.67. The van der Waals surface area contributed by atoms with Crippen LogP contribution in [0.1, 0.15) is 27.7 Å². The van der Waals surface area contributed by atoms with Crippen LogP contribution in [0.3, 0.4) is 0 Å². The van der Waals surface area contributed by atoms with Crippen LogP contribution in [0.5, 0.6) is 5.75 Å². The lowest BCUT2D eigenvalue weighted by atomic mass is 10.3. The van der Waals surface area contributed by atoms with Crippen molar-refractivity contribution in [3.05, 3.63) is 30.3 Å². The number of aliphatic hydroxyl groups is 2. The van der Waals surface area contributed by atoms with Crippen molar-refractivity contribution in [2.24, 2.45) is 0 Å². The van der Waals surface area contributed by atoms with Gasteiger partial charge in [0.25, 0.3) is 0 Å². The molecule has 0 saturated heterocycles. The van der Waals surface area contributed by atoms with E-state index < -0.39 is 12.1 Å². The molecule has 0 amide bonds. The highest BCUT2D eigenvalue weighted by molar-refractivity contribution is 5.73. The molecule has 0 bridgehead atoms. The minimum absolute atomic E-state index is 0.0138. The summed E-state index contributed by atoms with van der Waals surface area (Å²) >= 11 is 0. The van der Waals surface area contributed by atoms with Crippen LogP contribution in [0, 0.1) is 0 Å². The number of aliphatic hydroxyl groups excluding tert-OH is 2. The first-order valence-corrected chi connectivity index (χ1v) is 8.61. The molecule has 1 aromatic carbocycles. The monoisotopic (exact) mass is 372 g/mol. The fraction of sp³-hybridized carbons (Fsp3) is 0.632. The molecule has 0 radical (unpaired) electrons. The minimum Gasteiger partial charge on any atom is -0.488 e. The van der Waals surface area contributed by atoms with E-state index in [0.29, 0.717) is 13.2 Å². The quantitative estimate of drug-likeness (QED) is 0.605. The van der Waals surface area contributed by atoms with Crippen LogP contribution < -0.4 is 4.74 Å². The molecule has 7 nitrogen and oxygen atoms in total. The molecule has 1 rings (SSSR count). The molecular weight excluding hydrogens is 340 g/mol. The summed E-state index contributed by atoms with van der Waals surface area (Å²) in [5, 5.41) is 17.2. The zero-order valence-corrected chi connectivity index (χ0v) is 16.3. The first kappa shape index (κ1) is 24.3. The highest BCUT2D eigenvalue weighted by Crippen LogP contribution is 2.11. The average Bonchev–Trinajstić information content (AvgIpc) is 2.64. The van der Waals surface area contributed by atoms with Gasteiger partial charge in [-0.25, -0.2) is 4.79 Å². The number of esters is 1. The fourth-order valence-corrected chi connectivity index (χ4v) is 1.64. The smallest absolute Gasteiger partial charge is 0.334 e. The Labute approximate surface area is 155 Å². The van der Waals surface area contributed by atoms with Crippen molar-refractivity contribution >= 4 is 5.97 Å². The van der Waals surface area contributed by atoms with E-state index in [1.807, 2.05) is 51.1 Å². The number of ether oxygens (including phenoxy) is 4. The van der Waals surface area contributed by atoms with Crippen LogP contribution in [0.4, 0.5) is 0 Å². The third kappa shape index (κ3) is 12.7. The van der Waals surface area contributed by atoms with E-state index in [4.69, 9.17) is 24.4 Å². The minimum atomic E-state index is -0.995. The van der Waals surface area contributed by atoms with Gasteiger partial charge in [-0.2, -0.15) is 0 Å². The van der Waals surface area contributed by atoms with Gasteiger partial charge in [-0.15, -0.1) is 0 Å². The van der Waals surface area contributed by atoms with Gasteiger partial charge in [-0.1, -0.05) is 18.2 Å². The molecule has 0 aliphatic rings. The van der Waals surface area contributed by atoms with E-state index in [1.165, 1.54) is 14.0 Å². The van der Waals surface area contributed by atoms with Gasteiger partial charge >= 0.3 is 5.97 Å². The summed E-state index contributed by atoms with van der Waals surface area (Å²) in [7, 11) is 1.23. The van der Waals surface area contributed by atoms with E-state index in [0.717, 1.165) is 5.75 Å². The molecule has 0 aliphatic heterocycles. The van der Waals surface area contributed by atoms with Gasteiger partial charge in [0.1, 0.15) is 18.0 Å². The SMILES string of the molecule is CC(CO)OCC(C)OCC(C)Oc1ccccc1.COC(=O)C(C)O. The average molecular weight is 372 g/mol. The Morgan fingerprint density at radius 3 is 1.96 bits per heavy atom. The summed E-state index contributed by atoms with van der Waals surface area (Å²) in [4.78, 5) is 10.0. The number of carbonyl (C=O) groups is 1. The van der Waals surface area contributed by atoms with Crippen molar-refractivity contribution < 1.29 is 34.0 Å². The number of hydrogen-bond donors (Lipinski definition) is 2. The van der Waals surface area contributed by atoms with E-state index in [2.05, 4.69) is 4.74 Å². The van der Waals surface area contributed by atoms with Crippen LogP contribution >= 0.6 is 0 Å². The Morgan fingerprint density at radius 1 is 0.962 bits per heavy atom. The van der Waals surface area contributed by atoms with Crippen LogP contribution in [-0.2, 0) is 19.0 Å². The third-order valence-corrected chi connectivity index (χ3v) is 3.11. The Kier molecular flexibility index (Phi) is 13.6. The van der Waals surface area contributed by atoms with Crippen LogP contribution in [0.2, 0.25) is 0 Å². The predicted molar refractivity (Wildman–Crippen MR) is 98.1 cm³/mol. The van der Waals surface area contributed by atoms with E-state index in [-0.39, 0.29) is 24.9 Å². The highest BCUT2D eigenvalue weighted by atomic mass is 16.6. The zero-order chi connectivity index (χ0) is 19.9. The van der Waals surface area contributed by atoms with Gasteiger partial charge in [0, 0.05) is 0 Å². The van der Waals surface area contributed by atoms with E-state index in [1.54, 1.807) is 0 Å². The second kappa shape index (κ2) is 14.5. The van der Waals surface area contributed by atoms with Crippen LogP contribution in [0.25, 0.3) is 0 Å². The van der Waals surface area contributed by atoms with Gasteiger partial charge in [0.2, 0.25) is 0 Å². The molecule has 7 heteroatoms. The van der Waals surface area contributed by atoms with Crippen molar-refractivity contribution in [3.63, 3.8) is 0 Å². The first-order chi connectivity index (χ1) is 12.3. The van der Waals surface area contributed by atoms with Gasteiger partial charge in [-0.3, -0.25) is 0 Å². The molecule has 4 unspecified atom stereocenters. The molecule has 0 aromatic heterocycles. The zero-order valence-electron chi connectivity index (χ0n) is 16.3. The third-order valence-electron chi connectivity index (χ3n) is 3.11. The second-order valence-corrected chi connectivity index (χ2v) is 5.91. The van der Waals surface area contributed by atoms with Crippen LogP contribution in [-0.4, -0.2) is 67.5 Å². The lowest BCUT2D eigenvalue weighted by Crippen LogP contribution is -2.27. The molecule has 0 heterocycles. The van der Waals surface area contributed by atoms with Gasteiger partial charge in [0.05, 0.1) is 39.1 Å². The number of benzene rings is 1. The normalized spacial score (nSPS) is 15.0. The standard InChI is InChI=1S/C15H24O4.C4H8O3/c1-12(9-16)17-10-13(2)18-11-14(3)19-15-7-5-4-6-8-15;1-3(5)4(6)7-2/h4-8,12-14,16H,9-11H2,1-3H3;3,5H,1-2H3. The Morgan fingerprint density at radius 2 is 1.50 bits per heavy atom. The summed E-state index contributed by atoms with van der Waals surface area (Å²) in [6.07, 6.45) is -1.18. The van der Waals surface area contributed by atoms with Gasteiger partial charge in [-0.05, 0) is 39.8 Å². The van der Waals surface area contributed by atoms with Crippen molar-refractivity contribution in [3.8, 4) is 5.75 Å². The molecule has 2 N–H and O–H groups in total. The second-order valence-electron chi connectivity index (χ2n) is 5.91. The van der Waals surface area contributed by atoms with E-state index >= 15 is 0 Å². The lowest BCUT2D eigenvalue weighted by molar-refractivity contribution is -0.149. The van der Waals surface area contributed by atoms with Gasteiger partial charge in [0.15, 0.2) is 0 Å². The summed E-state index contributed by atoms with van der Waals surface area (Å²) in [5.74, 6) is 0.247. The van der Waals surface area contributed by atoms with Crippen molar-refractivity contribution in [1.82, 2.24) is 0 Å². The molecule has 0 spiro atoms. The maximum atomic E-state index is 10.0. The van der Waals surface area contributed by atoms with E-state index in [9.17, 15) is 4.79 Å². The number of hydrogen-bond acceptors (Lipinski definition) is 7. The highest BCUT2D eigenvalue weighted by Gasteiger charge is 2.10. The Balaban J connectivity index is 0.000000758. The summed E-state index contributed by atoms with van der Waals surface area (Å²) in [6.45, 7) is 8.10. The summed E-state index contributed by atoms with van der Waals surface area (Å²) < 4.78 is 20.9. The number of para-hydroxylation sites is 1. The fourth-order valence-electron chi connectivity index (χ4n) is 1.64. The number of carbonyl (C=O) groups excluding carboxylic acids is 1. The molecule has 0 aliphatic carbocycles.